The lowest BCUT2D eigenvalue weighted by Crippen LogP contribution is -2.36. The molecule has 0 amide bonds. The summed E-state index contributed by atoms with van der Waals surface area (Å²) in [5.74, 6) is -0.880. The lowest BCUT2D eigenvalue weighted by molar-refractivity contribution is 0.0342. The molecule has 1 saturated heterocycles. The second-order valence-electron chi connectivity index (χ2n) is 6.31. The zero-order valence-corrected chi connectivity index (χ0v) is 13.6. The molecule has 0 aromatic heterocycles. The van der Waals surface area contributed by atoms with E-state index in [1.54, 1.807) is 24.3 Å². The molecule has 6 nitrogen and oxygen atoms in total. The Morgan fingerprint density at radius 2 is 1.64 bits per heavy atom. The van der Waals surface area contributed by atoms with E-state index in [0.29, 0.717) is 36.4 Å². The Labute approximate surface area is 144 Å². The van der Waals surface area contributed by atoms with E-state index in [0.717, 1.165) is 13.1 Å². The van der Waals surface area contributed by atoms with Gasteiger partial charge in [0.05, 0.1) is 24.3 Å². The highest BCUT2D eigenvalue weighted by Crippen LogP contribution is 2.38. The zero-order valence-electron chi connectivity index (χ0n) is 13.6. The van der Waals surface area contributed by atoms with Gasteiger partial charge < -0.3 is 15.6 Å². The van der Waals surface area contributed by atoms with E-state index < -0.39 is 0 Å². The largest absolute Gasteiger partial charge is 0.507 e. The average Bonchev–Trinajstić information content (AvgIpc) is 2.63. The number of hydrogen-bond acceptors (Lipinski definition) is 6. The maximum atomic E-state index is 12.9. The van der Waals surface area contributed by atoms with Gasteiger partial charge >= 0.3 is 0 Å². The fourth-order valence-electron chi connectivity index (χ4n) is 3.48. The van der Waals surface area contributed by atoms with Gasteiger partial charge in [-0.1, -0.05) is 24.3 Å². The molecule has 2 aromatic rings. The summed E-state index contributed by atoms with van der Waals surface area (Å²) in [4.78, 5) is 27.8. The first-order valence-electron chi connectivity index (χ1n) is 8.20. The summed E-state index contributed by atoms with van der Waals surface area (Å²) >= 11 is 0. The van der Waals surface area contributed by atoms with Gasteiger partial charge in [-0.25, -0.2) is 0 Å². The third kappa shape index (κ3) is 2.50. The molecule has 3 N–H and O–H groups in total. The van der Waals surface area contributed by atoms with Crippen LogP contribution in [0.5, 0.6) is 5.75 Å². The Morgan fingerprint density at radius 3 is 2.28 bits per heavy atom. The Balaban J connectivity index is 1.81. The number of phenols is 1. The molecular formula is C19H18N2O4. The molecule has 1 aliphatic carbocycles. The summed E-state index contributed by atoms with van der Waals surface area (Å²) in [5, 5.41) is 10.4. The van der Waals surface area contributed by atoms with Crippen LogP contribution in [0.1, 0.15) is 37.4 Å². The number of morpholine rings is 1. The average molecular weight is 338 g/mol. The van der Waals surface area contributed by atoms with Gasteiger partial charge in [-0.05, 0) is 11.6 Å². The van der Waals surface area contributed by atoms with Gasteiger partial charge in [0.2, 0.25) is 0 Å². The molecule has 0 spiro atoms. The Morgan fingerprint density at radius 1 is 1.04 bits per heavy atom. The minimum Gasteiger partial charge on any atom is -0.507 e. The summed E-state index contributed by atoms with van der Waals surface area (Å²) in [6.07, 6.45) is 0. The molecule has 2 aliphatic rings. The van der Waals surface area contributed by atoms with Crippen molar-refractivity contribution < 1.29 is 19.4 Å². The quantitative estimate of drug-likeness (QED) is 0.544. The van der Waals surface area contributed by atoms with Crippen LogP contribution in [0.25, 0.3) is 0 Å². The first kappa shape index (κ1) is 15.8. The molecule has 0 unspecified atom stereocenters. The van der Waals surface area contributed by atoms with E-state index in [1.165, 1.54) is 6.07 Å². The number of carbonyl (C=O) groups excluding carboxylic acids is 2. The molecule has 25 heavy (non-hydrogen) atoms. The SMILES string of the molecule is Nc1c(CN2CCOCC2)cc(O)c2c1C(=O)c1ccccc1C2=O. The van der Waals surface area contributed by atoms with Gasteiger partial charge in [-0.2, -0.15) is 0 Å². The number of fused-ring (bicyclic) bond motifs is 2. The van der Waals surface area contributed by atoms with E-state index in [1.807, 2.05) is 0 Å². The van der Waals surface area contributed by atoms with Crippen molar-refractivity contribution >= 4 is 17.3 Å². The van der Waals surface area contributed by atoms with Crippen molar-refractivity contribution in [3.8, 4) is 5.75 Å². The molecule has 4 rings (SSSR count). The lowest BCUT2D eigenvalue weighted by atomic mass is 9.81. The summed E-state index contributed by atoms with van der Waals surface area (Å²) < 4.78 is 5.33. The number of benzene rings is 2. The molecule has 2 aromatic carbocycles. The number of anilines is 1. The van der Waals surface area contributed by atoms with Crippen molar-refractivity contribution in [1.82, 2.24) is 4.90 Å². The molecule has 0 atom stereocenters. The molecule has 1 aliphatic heterocycles. The smallest absolute Gasteiger partial charge is 0.198 e. The number of nitrogens with zero attached hydrogens (tertiary/aromatic N) is 1. The molecule has 128 valence electrons. The maximum absolute atomic E-state index is 12.9. The number of ketones is 2. The van der Waals surface area contributed by atoms with Gasteiger partial charge in [-0.3, -0.25) is 14.5 Å². The number of ether oxygens (including phenoxy) is 1. The number of carbonyl (C=O) groups is 2. The van der Waals surface area contributed by atoms with Crippen LogP contribution in [0, 0.1) is 0 Å². The van der Waals surface area contributed by atoms with E-state index in [2.05, 4.69) is 4.90 Å². The van der Waals surface area contributed by atoms with Crippen molar-refractivity contribution in [3.05, 3.63) is 58.1 Å². The first-order valence-corrected chi connectivity index (χ1v) is 8.20. The van der Waals surface area contributed by atoms with Crippen LogP contribution in [0.3, 0.4) is 0 Å². The predicted molar refractivity (Wildman–Crippen MR) is 91.9 cm³/mol. The van der Waals surface area contributed by atoms with Gasteiger partial charge in [-0.15, -0.1) is 0 Å². The van der Waals surface area contributed by atoms with Crippen molar-refractivity contribution in [1.29, 1.82) is 0 Å². The van der Waals surface area contributed by atoms with Crippen LogP contribution in [0.15, 0.2) is 30.3 Å². The summed E-state index contributed by atoms with van der Waals surface area (Å²) in [6, 6.07) is 8.12. The first-order chi connectivity index (χ1) is 12.1. The molecule has 0 bridgehead atoms. The third-order valence-electron chi connectivity index (χ3n) is 4.80. The highest BCUT2D eigenvalue weighted by molar-refractivity contribution is 6.31. The summed E-state index contributed by atoms with van der Waals surface area (Å²) in [7, 11) is 0. The minimum absolute atomic E-state index is 0.00641. The summed E-state index contributed by atoms with van der Waals surface area (Å²) in [5.41, 5.74) is 7.93. The van der Waals surface area contributed by atoms with E-state index in [4.69, 9.17) is 10.5 Å². The van der Waals surface area contributed by atoms with Crippen LogP contribution in [0.4, 0.5) is 5.69 Å². The Kier molecular flexibility index (Phi) is 3.78. The van der Waals surface area contributed by atoms with Crippen molar-refractivity contribution in [2.45, 2.75) is 6.54 Å². The second kappa shape index (κ2) is 5.98. The van der Waals surface area contributed by atoms with Crippen LogP contribution in [0.2, 0.25) is 0 Å². The van der Waals surface area contributed by atoms with Crippen molar-refractivity contribution in [2.75, 3.05) is 32.0 Å². The monoisotopic (exact) mass is 338 g/mol. The number of nitrogens with two attached hydrogens (primary N) is 1. The van der Waals surface area contributed by atoms with Crippen LogP contribution in [-0.2, 0) is 11.3 Å². The Bertz CT molecular complexity index is 885. The van der Waals surface area contributed by atoms with E-state index >= 15 is 0 Å². The van der Waals surface area contributed by atoms with Gasteiger partial charge in [0.15, 0.2) is 11.6 Å². The van der Waals surface area contributed by atoms with Gasteiger partial charge in [0.1, 0.15) is 5.75 Å². The van der Waals surface area contributed by atoms with Crippen molar-refractivity contribution in [2.24, 2.45) is 0 Å². The Hall–Kier alpha value is -2.70. The van der Waals surface area contributed by atoms with E-state index in [-0.39, 0.29) is 34.1 Å². The molecule has 1 heterocycles. The van der Waals surface area contributed by atoms with Gasteiger partial charge in [0.25, 0.3) is 0 Å². The molecule has 6 heteroatoms. The standard InChI is InChI=1S/C19H18N2O4/c20-17-11(10-21-5-7-25-8-6-21)9-14(22)15-16(17)19(24)13-4-2-1-3-12(13)18(15)23/h1-4,9,22H,5-8,10,20H2. The van der Waals surface area contributed by atoms with Crippen molar-refractivity contribution in [3.63, 3.8) is 0 Å². The second-order valence-corrected chi connectivity index (χ2v) is 6.31. The minimum atomic E-state index is -0.368. The summed E-state index contributed by atoms with van der Waals surface area (Å²) in [6.45, 7) is 3.29. The topological polar surface area (TPSA) is 92.9 Å². The number of hydrogen-bond donors (Lipinski definition) is 2. The number of nitrogen functional groups attached to an aromatic ring is 1. The van der Waals surface area contributed by atoms with Crippen LogP contribution >= 0.6 is 0 Å². The lowest BCUT2D eigenvalue weighted by Gasteiger charge is -2.28. The third-order valence-corrected chi connectivity index (χ3v) is 4.80. The molecular weight excluding hydrogens is 320 g/mol. The van der Waals surface area contributed by atoms with Crippen LogP contribution in [-0.4, -0.2) is 47.9 Å². The fourth-order valence-corrected chi connectivity index (χ4v) is 3.48. The number of phenolic OH excluding ortho intramolecular Hbond substituents is 1. The van der Waals surface area contributed by atoms with E-state index in [9.17, 15) is 14.7 Å². The molecule has 1 fully saturated rings. The zero-order chi connectivity index (χ0) is 17.6. The molecule has 0 saturated carbocycles. The van der Waals surface area contributed by atoms with Gasteiger partial charge in [0, 0.05) is 36.4 Å². The highest BCUT2D eigenvalue weighted by atomic mass is 16.5. The normalized spacial score (nSPS) is 17.3. The van der Waals surface area contributed by atoms with Crippen LogP contribution < -0.4 is 5.73 Å². The number of rotatable bonds is 2. The highest BCUT2D eigenvalue weighted by Gasteiger charge is 2.34. The fraction of sp³-hybridized carbons (Fsp3) is 0.263. The number of aromatic hydroxyl groups is 1. The maximum Gasteiger partial charge on any atom is 0.198 e. The molecule has 0 radical (unpaired) electrons. The predicted octanol–water partition coefficient (Wildman–Crippen LogP) is 1.58.